The van der Waals surface area contributed by atoms with E-state index in [2.05, 4.69) is 8.37 Å². The maximum atomic E-state index is 9.06. The van der Waals surface area contributed by atoms with E-state index in [1.165, 1.54) is 0 Å². The van der Waals surface area contributed by atoms with Gasteiger partial charge in [-0.2, -0.15) is 0 Å². The van der Waals surface area contributed by atoms with E-state index >= 15 is 0 Å². The van der Waals surface area contributed by atoms with Gasteiger partial charge in [0.05, 0.1) is 0 Å². The summed E-state index contributed by atoms with van der Waals surface area (Å²) in [6, 6.07) is 0. The molecule has 2 N–H and O–H groups in total. The Morgan fingerprint density at radius 3 is 1.27 bits per heavy atom. The molecule has 64 valence electrons. The molecule has 0 aliphatic rings. The van der Waals surface area contributed by atoms with Crippen molar-refractivity contribution in [3.63, 3.8) is 0 Å². The summed E-state index contributed by atoms with van der Waals surface area (Å²) in [7, 11) is 0. The van der Waals surface area contributed by atoms with E-state index in [4.69, 9.17) is 19.3 Å². The second-order valence-electron chi connectivity index (χ2n) is 0.630. The third-order valence-electron chi connectivity index (χ3n) is 0.202. The molecule has 0 saturated heterocycles. The van der Waals surface area contributed by atoms with Crippen LogP contribution in [0.15, 0.2) is 0 Å². The monoisotopic (exact) mass is 254 g/mol. The first-order valence-corrected chi connectivity index (χ1v) is 3.21. The van der Waals surface area contributed by atoms with Crippen LogP contribution in [-0.4, -0.2) is 32.9 Å². The second-order valence-corrected chi connectivity index (χ2v) is 1.37. The maximum absolute atomic E-state index is 9.06. The summed E-state index contributed by atoms with van der Waals surface area (Å²) >= 11 is -0.197. The molecule has 0 saturated carbocycles. The van der Waals surface area contributed by atoms with E-state index in [1.54, 1.807) is 0 Å². The van der Waals surface area contributed by atoms with Crippen molar-refractivity contribution in [1.82, 2.24) is 0 Å². The minimum Gasteiger partial charge on any atom is -0.776 e. The molecule has 0 amide bonds. The maximum Gasteiger partial charge on any atom is 2.00 e. The molecule has 0 unspecified atom stereocenters. The Bertz CT molecular complexity index is 39.6. The zero-order valence-corrected chi connectivity index (χ0v) is 10.1. The third-order valence-corrected chi connectivity index (χ3v) is 0.605. The van der Waals surface area contributed by atoms with Gasteiger partial charge in [-0.1, -0.05) is 24.6 Å². The summed E-state index contributed by atoms with van der Waals surface area (Å²) in [4.78, 5) is 0. The van der Waals surface area contributed by atoms with Crippen LogP contribution >= 0.6 is 24.6 Å². The molecule has 6 nitrogen and oxygen atoms in total. The van der Waals surface area contributed by atoms with Crippen molar-refractivity contribution in [2.45, 2.75) is 0 Å². The zero-order chi connectivity index (χ0) is 8.24. The molecule has 0 fully saturated rings. The number of aliphatic hydroxyl groups is 2. The van der Waals surface area contributed by atoms with E-state index in [1.807, 2.05) is 0 Å². The van der Waals surface area contributed by atoms with Gasteiger partial charge in [0, 0.05) is 0 Å². The molecule has 0 heterocycles. The molecule has 0 spiro atoms. The van der Waals surface area contributed by atoms with Crippen LogP contribution in [0.2, 0.25) is 0 Å². The second kappa shape index (κ2) is 22.5. The van der Waals surface area contributed by atoms with E-state index in [0.29, 0.717) is 0 Å². The molecule has 0 aromatic heterocycles. The van der Waals surface area contributed by atoms with Gasteiger partial charge in [0.1, 0.15) is 0 Å². The molecule has 0 aliphatic heterocycles. The first kappa shape index (κ1) is 18.0. The molecular formula is C2H6O6S2Zn. The minimum absolute atomic E-state index is 0. The fourth-order valence-electron chi connectivity index (χ4n) is 0.0430. The largest absolute Gasteiger partial charge is 2.00 e. The number of aliphatic hydroxyl groups excluding tert-OH is 2. The first-order chi connectivity index (χ1) is 4.83. The van der Waals surface area contributed by atoms with E-state index in [9.17, 15) is 0 Å². The number of hydrogen-bond donors (Lipinski definition) is 2. The Morgan fingerprint density at radius 1 is 1.00 bits per heavy atom. The molecule has 0 radical (unpaired) electrons. The SMILES string of the molecule is [O-]SOCO.[O-]SOCO.[Zn+2]. The van der Waals surface area contributed by atoms with Crippen LogP contribution in [0, 0.1) is 0 Å². The fraction of sp³-hybridized carbons (Fsp3) is 1.00. The van der Waals surface area contributed by atoms with Crippen molar-refractivity contribution in [2.24, 2.45) is 0 Å². The van der Waals surface area contributed by atoms with Gasteiger partial charge in [0.15, 0.2) is 13.6 Å². The Labute approximate surface area is 85.5 Å². The first-order valence-electron chi connectivity index (χ1n) is 1.88. The predicted octanol–water partition coefficient (Wildman–Crippen LogP) is -0.540. The molecule has 0 aliphatic carbocycles. The molecule has 0 aromatic rings. The van der Waals surface area contributed by atoms with Crippen LogP contribution in [0.4, 0.5) is 0 Å². The van der Waals surface area contributed by atoms with Crippen LogP contribution < -0.4 is 0 Å². The summed E-state index contributed by atoms with van der Waals surface area (Å²) in [6.45, 7) is -1.01. The van der Waals surface area contributed by atoms with Crippen LogP contribution in [-0.2, 0) is 27.8 Å². The van der Waals surface area contributed by atoms with Crippen molar-refractivity contribution in [3.8, 4) is 0 Å². The molecule has 0 atom stereocenters. The summed E-state index contributed by atoms with van der Waals surface area (Å²) < 4.78 is 25.6. The Balaban J connectivity index is -0.000000107. The van der Waals surface area contributed by atoms with Gasteiger partial charge in [-0.05, 0) is 0 Å². The van der Waals surface area contributed by atoms with Gasteiger partial charge in [-0.15, -0.1) is 0 Å². The normalized spacial score (nSPS) is 7.64. The molecule has 0 rings (SSSR count). The van der Waals surface area contributed by atoms with Crippen molar-refractivity contribution >= 4 is 24.6 Å². The Kier molecular flexibility index (Phi) is 36.7. The summed E-state index contributed by atoms with van der Waals surface area (Å²) in [5.41, 5.74) is 0. The minimum atomic E-state index is -0.506. The predicted molar refractivity (Wildman–Crippen MR) is 33.1 cm³/mol. The number of hydrogen-bond acceptors (Lipinski definition) is 8. The van der Waals surface area contributed by atoms with E-state index < -0.39 is 13.6 Å². The van der Waals surface area contributed by atoms with E-state index in [-0.39, 0.29) is 44.1 Å². The van der Waals surface area contributed by atoms with Crippen LogP contribution in [0.1, 0.15) is 0 Å². The van der Waals surface area contributed by atoms with E-state index in [0.717, 1.165) is 0 Å². The molecule has 9 heteroatoms. The van der Waals surface area contributed by atoms with Gasteiger partial charge in [0.25, 0.3) is 0 Å². The fourth-order valence-corrected chi connectivity index (χ4v) is 0.129. The number of rotatable bonds is 4. The molecular weight excluding hydrogens is 250 g/mol. The molecule has 0 bridgehead atoms. The average molecular weight is 256 g/mol. The third kappa shape index (κ3) is 35.4. The smallest absolute Gasteiger partial charge is 0.776 e. The van der Waals surface area contributed by atoms with Crippen molar-refractivity contribution in [2.75, 3.05) is 13.6 Å². The Morgan fingerprint density at radius 2 is 1.27 bits per heavy atom. The summed E-state index contributed by atoms with van der Waals surface area (Å²) in [5.74, 6) is 0. The quantitative estimate of drug-likeness (QED) is 0.392. The van der Waals surface area contributed by atoms with Gasteiger partial charge >= 0.3 is 19.5 Å². The summed E-state index contributed by atoms with van der Waals surface area (Å²) in [5, 5.41) is 15.2. The van der Waals surface area contributed by atoms with Gasteiger partial charge < -0.3 is 27.7 Å². The van der Waals surface area contributed by atoms with Crippen molar-refractivity contribution in [1.29, 1.82) is 0 Å². The zero-order valence-electron chi connectivity index (χ0n) is 5.47. The van der Waals surface area contributed by atoms with Crippen LogP contribution in [0.3, 0.4) is 0 Å². The van der Waals surface area contributed by atoms with Crippen molar-refractivity contribution in [3.05, 3.63) is 0 Å². The Hall–Kier alpha value is 1.08. The molecule has 11 heavy (non-hydrogen) atoms. The van der Waals surface area contributed by atoms with Crippen LogP contribution in [0.5, 0.6) is 0 Å². The van der Waals surface area contributed by atoms with Gasteiger partial charge in [0.2, 0.25) is 0 Å². The topological polar surface area (TPSA) is 105 Å². The molecule has 0 aromatic carbocycles. The average Bonchev–Trinajstić information content (AvgIpc) is 1.93. The standard InChI is InChI=1S/2CH4O3S.Zn/c2*2-1-4-5-3;/h2*2-3H,1H2;/q;;+2/p-2. The van der Waals surface area contributed by atoms with Gasteiger partial charge in [-0.3, -0.25) is 0 Å². The van der Waals surface area contributed by atoms with Crippen molar-refractivity contribution < 1.29 is 47.2 Å². The van der Waals surface area contributed by atoms with Gasteiger partial charge in [-0.25, -0.2) is 0 Å². The van der Waals surface area contributed by atoms with Crippen LogP contribution in [0.25, 0.3) is 0 Å². The summed E-state index contributed by atoms with van der Waals surface area (Å²) in [6.07, 6.45) is 0.